The van der Waals surface area contributed by atoms with E-state index in [1.54, 1.807) is 6.20 Å². The van der Waals surface area contributed by atoms with Crippen molar-refractivity contribution in [3.63, 3.8) is 0 Å². The van der Waals surface area contributed by atoms with E-state index in [1.165, 1.54) is 5.56 Å². The van der Waals surface area contributed by atoms with Gasteiger partial charge >= 0.3 is 0 Å². The number of aromatic nitrogens is 2. The monoisotopic (exact) mass is 376 g/mol. The summed E-state index contributed by atoms with van der Waals surface area (Å²) in [5, 5.41) is 9.69. The van der Waals surface area contributed by atoms with Crippen molar-refractivity contribution in [1.29, 1.82) is 0 Å². The topological polar surface area (TPSA) is 79.6 Å². The first-order chi connectivity index (χ1) is 13.6. The van der Waals surface area contributed by atoms with Crippen LogP contribution in [0.1, 0.15) is 42.3 Å². The highest BCUT2D eigenvalue weighted by atomic mass is 16.5. The number of hydrogen-bond donors (Lipinski definition) is 2. The average molecular weight is 376 g/mol. The first kappa shape index (κ1) is 19.5. The summed E-state index contributed by atoms with van der Waals surface area (Å²) < 4.78 is 5.87. The molecule has 6 nitrogen and oxygen atoms in total. The van der Waals surface area contributed by atoms with Gasteiger partial charge in [0.1, 0.15) is 6.61 Å². The summed E-state index contributed by atoms with van der Waals surface area (Å²) in [7, 11) is 0. The van der Waals surface area contributed by atoms with Crippen LogP contribution in [-0.4, -0.2) is 21.0 Å². The smallest absolute Gasteiger partial charge is 0.225 e. The van der Waals surface area contributed by atoms with Gasteiger partial charge in [0.25, 0.3) is 0 Å². The molecule has 144 valence electrons. The van der Waals surface area contributed by atoms with E-state index >= 15 is 0 Å². The molecule has 2 N–H and O–H groups in total. The maximum Gasteiger partial charge on any atom is 0.225 e. The first-order valence-corrected chi connectivity index (χ1v) is 9.16. The normalized spacial score (nSPS) is 11.5. The second-order valence-corrected chi connectivity index (χ2v) is 6.73. The largest absolute Gasteiger partial charge is 0.471 e. The number of benzene rings is 1. The van der Waals surface area contributed by atoms with E-state index in [2.05, 4.69) is 34.3 Å². The number of aliphatic imine (C=N–C) groups is 1. The molecule has 6 heteroatoms. The lowest BCUT2D eigenvalue weighted by molar-refractivity contribution is 0.233. The van der Waals surface area contributed by atoms with Crippen LogP contribution in [0, 0.1) is 6.92 Å². The number of hydroxylamine groups is 1. The molecule has 0 saturated heterocycles. The van der Waals surface area contributed by atoms with Gasteiger partial charge in [0.05, 0.1) is 16.9 Å². The van der Waals surface area contributed by atoms with Crippen molar-refractivity contribution < 1.29 is 9.94 Å². The summed E-state index contributed by atoms with van der Waals surface area (Å²) in [4.78, 5) is 13.2. The number of pyridine rings is 2. The van der Waals surface area contributed by atoms with E-state index in [9.17, 15) is 5.21 Å². The maximum atomic E-state index is 9.69. The molecular weight excluding hydrogens is 352 g/mol. The summed E-state index contributed by atoms with van der Waals surface area (Å²) in [5.41, 5.74) is 6.29. The van der Waals surface area contributed by atoms with Crippen molar-refractivity contribution in [2.45, 2.75) is 33.3 Å². The van der Waals surface area contributed by atoms with Gasteiger partial charge < -0.3 is 4.74 Å². The molecule has 3 rings (SSSR count). The zero-order valence-electron chi connectivity index (χ0n) is 16.3. The fourth-order valence-electron chi connectivity index (χ4n) is 2.66. The predicted octanol–water partition coefficient (Wildman–Crippen LogP) is 4.54. The molecule has 28 heavy (non-hydrogen) atoms. The van der Waals surface area contributed by atoms with E-state index in [4.69, 9.17) is 4.74 Å². The Kier molecular flexibility index (Phi) is 6.34. The summed E-state index contributed by atoms with van der Waals surface area (Å²) in [5.74, 6) is 1.09. The molecule has 0 fully saturated rings. The van der Waals surface area contributed by atoms with Crippen LogP contribution in [-0.2, 0) is 6.61 Å². The fraction of sp³-hybridized carbons (Fsp3) is 0.227. The van der Waals surface area contributed by atoms with Crippen LogP contribution in [0.15, 0.2) is 65.8 Å². The van der Waals surface area contributed by atoms with Crippen molar-refractivity contribution in [2.75, 3.05) is 0 Å². The molecule has 0 spiro atoms. The van der Waals surface area contributed by atoms with Crippen molar-refractivity contribution >= 4 is 11.5 Å². The van der Waals surface area contributed by atoms with E-state index in [-0.39, 0.29) is 12.4 Å². The number of amidine groups is 1. The maximum absolute atomic E-state index is 9.69. The lowest BCUT2D eigenvalue weighted by Crippen LogP contribution is -2.21. The molecule has 0 radical (unpaired) electrons. The molecule has 2 heterocycles. The van der Waals surface area contributed by atoms with Gasteiger partial charge in [0, 0.05) is 11.9 Å². The summed E-state index contributed by atoms with van der Waals surface area (Å²) in [6.45, 7) is 6.43. The zero-order valence-corrected chi connectivity index (χ0v) is 16.3. The van der Waals surface area contributed by atoms with Crippen LogP contribution in [0.3, 0.4) is 0 Å². The molecule has 0 unspecified atom stereocenters. The summed E-state index contributed by atoms with van der Waals surface area (Å²) in [6, 6.07) is 17.2. The molecule has 0 aliphatic heterocycles. The quantitative estimate of drug-likeness (QED) is 0.375. The highest BCUT2D eigenvalue weighted by Crippen LogP contribution is 2.22. The Morgan fingerprint density at radius 1 is 1.11 bits per heavy atom. The third-order valence-corrected chi connectivity index (χ3v) is 4.24. The summed E-state index contributed by atoms with van der Waals surface area (Å²) >= 11 is 0. The lowest BCUT2D eigenvalue weighted by Gasteiger charge is -2.12. The number of rotatable bonds is 6. The molecule has 1 aromatic carbocycles. The second kappa shape index (κ2) is 9.10. The molecule has 3 aromatic rings. The number of hydrogen-bond acceptors (Lipinski definition) is 5. The highest BCUT2D eigenvalue weighted by Gasteiger charge is 2.13. The lowest BCUT2D eigenvalue weighted by atomic mass is 10.0. The zero-order chi connectivity index (χ0) is 19.9. The number of ether oxygens (including phenoxy) is 1. The van der Waals surface area contributed by atoms with Gasteiger partial charge in [-0.3, -0.25) is 15.7 Å². The van der Waals surface area contributed by atoms with Crippen LogP contribution in [0.2, 0.25) is 0 Å². The SMILES string of the molecule is Cc1ccc(C(=Nc2ccc(C(C)C)cc2)NO)c(OCc2ccccn2)n1. The Labute approximate surface area is 164 Å². The van der Waals surface area contributed by atoms with E-state index in [0.29, 0.717) is 17.4 Å². The van der Waals surface area contributed by atoms with Gasteiger partial charge in [-0.2, -0.15) is 0 Å². The third-order valence-electron chi connectivity index (χ3n) is 4.24. The number of nitrogens with zero attached hydrogens (tertiary/aromatic N) is 3. The van der Waals surface area contributed by atoms with Gasteiger partial charge in [-0.05, 0) is 54.8 Å². The van der Waals surface area contributed by atoms with Crippen molar-refractivity contribution in [1.82, 2.24) is 15.4 Å². The average Bonchev–Trinajstić information content (AvgIpc) is 2.72. The van der Waals surface area contributed by atoms with E-state index in [0.717, 1.165) is 17.1 Å². The van der Waals surface area contributed by atoms with Crippen LogP contribution in [0.5, 0.6) is 5.88 Å². The highest BCUT2D eigenvalue weighted by molar-refractivity contribution is 6.01. The number of aryl methyl sites for hydroxylation is 1. The molecular formula is C22H24N4O2. The van der Waals surface area contributed by atoms with Crippen molar-refractivity contribution in [3.05, 3.63) is 83.3 Å². The van der Waals surface area contributed by atoms with Gasteiger partial charge in [0.15, 0.2) is 5.84 Å². The van der Waals surface area contributed by atoms with Crippen LogP contribution >= 0.6 is 0 Å². The molecule has 0 saturated carbocycles. The molecule has 0 aliphatic carbocycles. The number of nitrogens with one attached hydrogen (secondary N) is 1. The minimum absolute atomic E-state index is 0.265. The van der Waals surface area contributed by atoms with Crippen LogP contribution < -0.4 is 10.2 Å². The molecule has 0 atom stereocenters. The molecule has 0 bridgehead atoms. The Morgan fingerprint density at radius 3 is 2.54 bits per heavy atom. The standard InChI is InChI=1S/C22H24N4O2/c1-15(2)17-8-10-18(11-9-17)25-21(26-27)20-12-7-16(3)24-22(20)28-14-19-6-4-5-13-23-19/h4-13,15,27H,14H2,1-3H3,(H,25,26). The van der Waals surface area contributed by atoms with Gasteiger partial charge in [-0.25, -0.2) is 9.98 Å². The Balaban J connectivity index is 1.89. The Hall–Kier alpha value is -3.25. The second-order valence-electron chi connectivity index (χ2n) is 6.73. The van der Waals surface area contributed by atoms with Gasteiger partial charge in [0.2, 0.25) is 5.88 Å². The van der Waals surface area contributed by atoms with Crippen molar-refractivity contribution in [2.24, 2.45) is 4.99 Å². The summed E-state index contributed by atoms with van der Waals surface area (Å²) in [6.07, 6.45) is 1.71. The van der Waals surface area contributed by atoms with Gasteiger partial charge in [-0.15, -0.1) is 0 Å². The first-order valence-electron chi connectivity index (χ1n) is 9.16. The Bertz CT molecular complexity index is 939. The fourth-order valence-corrected chi connectivity index (χ4v) is 2.66. The van der Waals surface area contributed by atoms with Crippen LogP contribution in [0.4, 0.5) is 5.69 Å². The van der Waals surface area contributed by atoms with E-state index < -0.39 is 0 Å². The molecule has 0 aliphatic rings. The third kappa shape index (κ3) is 4.92. The molecule has 0 amide bonds. The molecule has 2 aromatic heterocycles. The Morgan fingerprint density at radius 2 is 1.89 bits per heavy atom. The van der Waals surface area contributed by atoms with E-state index in [1.807, 2.05) is 61.5 Å². The predicted molar refractivity (Wildman–Crippen MR) is 109 cm³/mol. The minimum atomic E-state index is 0.265. The van der Waals surface area contributed by atoms with Gasteiger partial charge in [-0.1, -0.05) is 32.0 Å². The minimum Gasteiger partial charge on any atom is -0.471 e. The van der Waals surface area contributed by atoms with Crippen molar-refractivity contribution in [3.8, 4) is 5.88 Å². The van der Waals surface area contributed by atoms with Crippen LogP contribution in [0.25, 0.3) is 0 Å².